The van der Waals surface area contributed by atoms with Crippen LogP contribution in [0.15, 0.2) is 18.2 Å². The number of carboxylic acid groups (broad SMARTS) is 1. The minimum absolute atomic E-state index is 0.0101. The third kappa shape index (κ3) is 4.00. The average Bonchev–Trinajstić information content (AvgIpc) is 2.97. The van der Waals surface area contributed by atoms with Crippen LogP contribution < -0.4 is 5.32 Å². The molecule has 5 nitrogen and oxygen atoms in total. The number of nitrogens with one attached hydrogen (secondary N) is 1. The maximum absolute atomic E-state index is 13.6. The number of amides is 1. The molecule has 2 atom stereocenters. The van der Waals surface area contributed by atoms with Gasteiger partial charge in [-0.3, -0.25) is 9.59 Å². The lowest BCUT2D eigenvalue weighted by Crippen LogP contribution is -2.41. The normalized spacial score (nSPS) is 21.2. The predicted molar refractivity (Wildman–Crippen MR) is 82.6 cm³/mol. The molecule has 2 rings (SSSR count). The van der Waals surface area contributed by atoms with Crippen molar-refractivity contribution >= 4 is 23.5 Å². The van der Waals surface area contributed by atoms with Crippen molar-refractivity contribution in [1.29, 1.82) is 0 Å². The summed E-state index contributed by atoms with van der Waals surface area (Å²) < 4.78 is 19.2. The highest BCUT2D eigenvalue weighted by atomic mass is 35.5. The molecule has 0 spiro atoms. The molecule has 0 unspecified atom stereocenters. The van der Waals surface area contributed by atoms with Gasteiger partial charge in [-0.15, -0.1) is 0 Å². The van der Waals surface area contributed by atoms with Gasteiger partial charge in [0.15, 0.2) is 0 Å². The van der Waals surface area contributed by atoms with Crippen LogP contribution in [0.1, 0.15) is 31.9 Å². The molecular formula is C16H19ClFNO4. The van der Waals surface area contributed by atoms with Gasteiger partial charge in [0.25, 0.3) is 0 Å². The number of hydrogen-bond donors (Lipinski definition) is 2. The first-order valence-corrected chi connectivity index (χ1v) is 7.68. The summed E-state index contributed by atoms with van der Waals surface area (Å²) in [5.74, 6) is -2.33. The Labute approximate surface area is 138 Å². The average molecular weight is 344 g/mol. The Balaban J connectivity index is 2.07. The van der Waals surface area contributed by atoms with Crippen LogP contribution in [0.3, 0.4) is 0 Å². The summed E-state index contributed by atoms with van der Waals surface area (Å²) in [6.45, 7) is 3.47. The predicted octanol–water partition coefficient (Wildman–Crippen LogP) is 2.78. The Hall–Kier alpha value is -1.66. The van der Waals surface area contributed by atoms with E-state index in [0.29, 0.717) is 18.6 Å². The molecule has 1 fully saturated rings. The van der Waals surface area contributed by atoms with Crippen molar-refractivity contribution in [2.24, 2.45) is 11.3 Å². The Morgan fingerprint density at radius 1 is 1.48 bits per heavy atom. The molecule has 1 aromatic carbocycles. The first-order valence-electron chi connectivity index (χ1n) is 7.30. The van der Waals surface area contributed by atoms with Gasteiger partial charge in [0.2, 0.25) is 5.91 Å². The van der Waals surface area contributed by atoms with Gasteiger partial charge in [-0.1, -0.05) is 17.7 Å². The maximum atomic E-state index is 13.6. The summed E-state index contributed by atoms with van der Waals surface area (Å²) >= 11 is 5.67. The number of ether oxygens (including phenoxy) is 1. The zero-order valence-corrected chi connectivity index (χ0v) is 13.7. The van der Waals surface area contributed by atoms with Crippen LogP contribution >= 0.6 is 11.6 Å². The van der Waals surface area contributed by atoms with E-state index in [1.807, 2.05) is 0 Å². The van der Waals surface area contributed by atoms with Crippen LogP contribution in [-0.2, 0) is 14.3 Å². The molecule has 0 radical (unpaired) electrons. The van der Waals surface area contributed by atoms with E-state index in [1.54, 1.807) is 6.07 Å². The maximum Gasteiger partial charge on any atom is 0.310 e. The minimum Gasteiger partial charge on any atom is -0.481 e. The molecule has 0 bridgehead atoms. The van der Waals surface area contributed by atoms with Crippen molar-refractivity contribution < 1.29 is 23.8 Å². The molecule has 1 aromatic rings. The van der Waals surface area contributed by atoms with E-state index in [9.17, 15) is 14.0 Å². The van der Waals surface area contributed by atoms with Gasteiger partial charge in [-0.2, -0.15) is 0 Å². The number of halogens is 2. The van der Waals surface area contributed by atoms with Crippen LogP contribution in [0, 0.1) is 17.2 Å². The van der Waals surface area contributed by atoms with Crippen molar-refractivity contribution in [2.45, 2.75) is 26.4 Å². The van der Waals surface area contributed by atoms with Crippen molar-refractivity contribution in [3.63, 3.8) is 0 Å². The summed E-state index contributed by atoms with van der Waals surface area (Å²) in [4.78, 5) is 23.4. The van der Waals surface area contributed by atoms with Gasteiger partial charge in [0.1, 0.15) is 5.82 Å². The van der Waals surface area contributed by atoms with Gasteiger partial charge < -0.3 is 15.2 Å². The summed E-state index contributed by atoms with van der Waals surface area (Å²) in [6.07, 6.45) is -0.0662. The highest BCUT2D eigenvalue weighted by Gasteiger charge is 2.37. The minimum atomic E-state index is -1.06. The van der Waals surface area contributed by atoms with E-state index >= 15 is 0 Å². The summed E-state index contributed by atoms with van der Waals surface area (Å²) in [5.41, 5.74) is -0.515. The van der Waals surface area contributed by atoms with Crippen molar-refractivity contribution in [2.75, 3.05) is 13.2 Å². The number of rotatable bonds is 5. The molecule has 2 N–H and O–H groups in total. The van der Waals surface area contributed by atoms with Crippen LogP contribution in [0.4, 0.5) is 4.39 Å². The Bertz CT molecular complexity index is 620. The van der Waals surface area contributed by atoms with E-state index in [0.717, 1.165) is 0 Å². The van der Waals surface area contributed by atoms with Gasteiger partial charge in [0.05, 0.1) is 22.5 Å². The highest BCUT2D eigenvalue weighted by Crippen LogP contribution is 2.36. The second-order valence-corrected chi connectivity index (χ2v) is 6.67. The van der Waals surface area contributed by atoms with Crippen LogP contribution in [0.25, 0.3) is 0 Å². The number of carbonyl (C=O) groups excluding carboxylic acids is 1. The molecule has 0 aromatic heterocycles. The fraction of sp³-hybridized carbons (Fsp3) is 0.500. The molecular weight excluding hydrogens is 325 g/mol. The molecule has 1 amide bonds. The van der Waals surface area contributed by atoms with Gasteiger partial charge in [0, 0.05) is 13.2 Å². The van der Waals surface area contributed by atoms with Crippen LogP contribution in [0.5, 0.6) is 0 Å². The lowest BCUT2D eigenvalue weighted by atomic mass is 9.91. The van der Waals surface area contributed by atoms with E-state index < -0.39 is 29.2 Å². The first-order chi connectivity index (χ1) is 10.7. The van der Waals surface area contributed by atoms with Crippen molar-refractivity contribution in [3.05, 3.63) is 34.6 Å². The fourth-order valence-electron chi connectivity index (χ4n) is 2.39. The van der Waals surface area contributed by atoms with Crippen molar-refractivity contribution in [3.8, 4) is 0 Å². The van der Waals surface area contributed by atoms with Crippen LogP contribution in [-0.4, -0.2) is 30.1 Å². The Morgan fingerprint density at radius 3 is 2.78 bits per heavy atom. The zero-order chi connectivity index (χ0) is 17.2. The Kier molecular flexibility index (Phi) is 5.26. The molecule has 1 heterocycles. The SMILES string of the molecule is CC(C)(CNC(=O)[C@@H]1CCO[C@H]1c1ccc(Cl)c(F)c1)C(=O)O. The summed E-state index contributed by atoms with van der Waals surface area (Å²) in [7, 11) is 0. The second kappa shape index (κ2) is 6.84. The smallest absolute Gasteiger partial charge is 0.310 e. The Morgan fingerprint density at radius 2 is 2.17 bits per heavy atom. The van der Waals surface area contributed by atoms with Gasteiger partial charge in [-0.05, 0) is 38.0 Å². The molecule has 1 aliphatic heterocycles. The third-order valence-electron chi connectivity index (χ3n) is 3.98. The number of benzene rings is 1. The molecule has 1 aliphatic rings. The zero-order valence-electron chi connectivity index (χ0n) is 12.9. The number of carbonyl (C=O) groups is 2. The molecule has 0 aliphatic carbocycles. The van der Waals surface area contributed by atoms with Gasteiger partial charge >= 0.3 is 5.97 Å². The van der Waals surface area contributed by atoms with E-state index in [4.69, 9.17) is 21.4 Å². The molecule has 0 saturated carbocycles. The number of carboxylic acids is 1. The van der Waals surface area contributed by atoms with E-state index in [1.165, 1.54) is 26.0 Å². The van der Waals surface area contributed by atoms with E-state index in [-0.39, 0.29) is 17.5 Å². The first kappa shape index (κ1) is 17.7. The largest absolute Gasteiger partial charge is 0.481 e. The lowest BCUT2D eigenvalue weighted by molar-refractivity contribution is -0.147. The van der Waals surface area contributed by atoms with Crippen LogP contribution in [0.2, 0.25) is 5.02 Å². The number of hydrogen-bond acceptors (Lipinski definition) is 3. The number of aliphatic carboxylic acids is 1. The second-order valence-electron chi connectivity index (χ2n) is 6.27. The molecule has 126 valence electrons. The fourth-order valence-corrected chi connectivity index (χ4v) is 2.51. The monoisotopic (exact) mass is 343 g/mol. The van der Waals surface area contributed by atoms with Crippen molar-refractivity contribution in [1.82, 2.24) is 5.32 Å². The lowest BCUT2D eigenvalue weighted by Gasteiger charge is -2.23. The third-order valence-corrected chi connectivity index (χ3v) is 4.29. The van der Waals surface area contributed by atoms with Gasteiger partial charge in [-0.25, -0.2) is 4.39 Å². The topological polar surface area (TPSA) is 75.6 Å². The standard InChI is InChI=1S/C16H19ClFNO4/c1-16(2,15(21)22)8-19-14(20)10-5-6-23-13(10)9-3-4-11(17)12(18)7-9/h3-4,7,10,13H,5-6,8H2,1-2H3,(H,19,20)(H,21,22)/t10-,13+/m1/s1. The molecule has 1 saturated heterocycles. The summed E-state index contributed by atoms with van der Waals surface area (Å²) in [6, 6.07) is 4.32. The van der Waals surface area contributed by atoms with E-state index in [2.05, 4.69) is 5.32 Å². The molecule has 23 heavy (non-hydrogen) atoms. The quantitative estimate of drug-likeness (QED) is 0.862. The molecule has 7 heteroatoms. The summed E-state index contributed by atoms with van der Waals surface area (Å²) in [5, 5.41) is 11.7. The highest BCUT2D eigenvalue weighted by molar-refractivity contribution is 6.30.